The maximum absolute atomic E-state index is 12.7. The van der Waals surface area contributed by atoms with E-state index in [-0.39, 0.29) is 5.41 Å². The molecule has 2 fully saturated rings. The Hall–Kier alpha value is -2.05. The number of rotatable bonds is 7. The van der Waals surface area contributed by atoms with Gasteiger partial charge in [-0.1, -0.05) is 76.8 Å². The lowest BCUT2D eigenvalue weighted by Gasteiger charge is -2.40. The highest BCUT2D eigenvalue weighted by atomic mass is 19.4. The molecule has 0 aromatic heterocycles. The number of aliphatic hydroxyl groups excluding tert-OH is 1. The van der Waals surface area contributed by atoms with Crippen molar-refractivity contribution in [3.63, 3.8) is 0 Å². The minimum atomic E-state index is -4.33. The van der Waals surface area contributed by atoms with Gasteiger partial charge in [0, 0.05) is 24.4 Å². The van der Waals surface area contributed by atoms with Crippen LogP contribution in [0.2, 0.25) is 0 Å². The van der Waals surface area contributed by atoms with Crippen molar-refractivity contribution in [2.75, 3.05) is 26.2 Å². The van der Waals surface area contributed by atoms with Crippen molar-refractivity contribution in [2.24, 2.45) is 5.92 Å². The molecule has 0 radical (unpaired) electrons. The summed E-state index contributed by atoms with van der Waals surface area (Å²) >= 11 is 0. The van der Waals surface area contributed by atoms with Crippen LogP contribution in [0.15, 0.2) is 48.5 Å². The van der Waals surface area contributed by atoms with Gasteiger partial charge in [0.25, 0.3) is 0 Å². The van der Waals surface area contributed by atoms with Gasteiger partial charge in [-0.2, -0.15) is 13.2 Å². The van der Waals surface area contributed by atoms with Crippen LogP contribution in [-0.4, -0.2) is 42.4 Å². The fraction of sp³-hybridized carbons (Fsp3) is 0.625. The van der Waals surface area contributed by atoms with Crippen molar-refractivity contribution < 1.29 is 23.0 Å². The lowest BCUT2D eigenvalue weighted by Crippen LogP contribution is -2.48. The summed E-state index contributed by atoms with van der Waals surface area (Å²) in [5.41, 5.74) is 1.64. The molecule has 1 saturated heterocycles. The first-order chi connectivity index (χ1) is 18.2. The van der Waals surface area contributed by atoms with E-state index in [9.17, 15) is 18.3 Å². The minimum Gasteiger partial charge on any atom is -0.493 e. The van der Waals surface area contributed by atoms with Crippen molar-refractivity contribution >= 4 is 0 Å². The summed E-state index contributed by atoms with van der Waals surface area (Å²) in [5.74, 6) is 0.761. The second-order valence-electron chi connectivity index (χ2n) is 10.6. The van der Waals surface area contributed by atoms with Crippen LogP contribution >= 0.6 is 0 Å². The van der Waals surface area contributed by atoms with Crippen LogP contribution in [0, 0.1) is 12.8 Å². The molecule has 2 aromatic carbocycles. The fourth-order valence-corrected chi connectivity index (χ4v) is 5.53. The molecule has 0 bridgehead atoms. The molecule has 1 aliphatic carbocycles. The van der Waals surface area contributed by atoms with Crippen molar-refractivity contribution in [1.82, 2.24) is 4.90 Å². The molecule has 2 atom stereocenters. The van der Waals surface area contributed by atoms with Crippen LogP contribution in [0.5, 0.6) is 5.75 Å². The molecule has 2 aliphatic rings. The Labute approximate surface area is 228 Å². The van der Waals surface area contributed by atoms with E-state index >= 15 is 0 Å². The fourth-order valence-electron chi connectivity index (χ4n) is 5.53. The minimum absolute atomic E-state index is 0.169. The van der Waals surface area contributed by atoms with Crippen molar-refractivity contribution in [3.05, 3.63) is 65.2 Å². The van der Waals surface area contributed by atoms with Gasteiger partial charge < -0.3 is 14.7 Å². The van der Waals surface area contributed by atoms with Gasteiger partial charge in [0.2, 0.25) is 0 Å². The summed E-state index contributed by atoms with van der Waals surface area (Å²) in [6.45, 7) is 13.2. The van der Waals surface area contributed by atoms with E-state index in [1.54, 1.807) is 0 Å². The smallest absolute Gasteiger partial charge is 0.416 e. The van der Waals surface area contributed by atoms with Gasteiger partial charge in [-0.15, -0.1) is 0 Å². The van der Waals surface area contributed by atoms with Gasteiger partial charge in [0.15, 0.2) is 0 Å². The number of alkyl halides is 3. The molecule has 38 heavy (non-hydrogen) atoms. The largest absolute Gasteiger partial charge is 0.493 e. The predicted molar refractivity (Wildman–Crippen MR) is 151 cm³/mol. The van der Waals surface area contributed by atoms with Crippen LogP contribution in [0.4, 0.5) is 13.2 Å². The van der Waals surface area contributed by atoms with Gasteiger partial charge in [-0.3, -0.25) is 0 Å². The summed E-state index contributed by atoms with van der Waals surface area (Å²) in [6, 6.07) is 13.5. The average molecular weight is 536 g/mol. The number of β-amino-alcohol motifs (C(OH)–C–C–N with tert-alkyl or cyclic N) is 1. The quantitative estimate of drug-likeness (QED) is 0.386. The summed E-state index contributed by atoms with van der Waals surface area (Å²) < 4.78 is 44.0. The normalized spacial score (nSPS) is 20.0. The monoisotopic (exact) mass is 535 g/mol. The molecule has 0 spiro atoms. The molecule has 1 heterocycles. The van der Waals surface area contributed by atoms with Crippen molar-refractivity contribution in [3.8, 4) is 5.75 Å². The molecule has 1 aliphatic heterocycles. The summed E-state index contributed by atoms with van der Waals surface area (Å²) in [5, 5.41) is 11.4. The van der Waals surface area contributed by atoms with Gasteiger partial charge >= 0.3 is 6.18 Å². The summed E-state index contributed by atoms with van der Waals surface area (Å²) in [6.07, 6.45) is 2.89. The highest BCUT2D eigenvalue weighted by Crippen LogP contribution is 2.44. The van der Waals surface area contributed by atoms with Gasteiger partial charge in [-0.05, 0) is 69.0 Å². The highest BCUT2D eigenvalue weighted by molar-refractivity contribution is 5.31. The Morgan fingerprint density at radius 2 is 1.55 bits per heavy atom. The molecular formula is C32H48F3NO2. The second kappa shape index (κ2) is 15.5. The van der Waals surface area contributed by atoms with E-state index in [2.05, 4.69) is 49.9 Å². The Morgan fingerprint density at radius 1 is 0.974 bits per heavy atom. The maximum Gasteiger partial charge on any atom is 0.416 e. The number of nitrogens with zero attached hydrogens (tertiary/aromatic N) is 1. The zero-order chi connectivity index (χ0) is 28.2. The first kappa shape index (κ1) is 32.2. The van der Waals surface area contributed by atoms with Crippen LogP contribution < -0.4 is 4.74 Å². The van der Waals surface area contributed by atoms with E-state index in [0.717, 1.165) is 63.7 Å². The number of halogens is 3. The molecular weight excluding hydrogens is 487 g/mol. The third-order valence-electron chi connectivity index (χ3n) is 7.46. The lowest BCUT2D eigenvalue weighted by atomic mass is 9.73. The standard InChI is InChI=1S/C27H34F3NO2.C3H8.C2H6/c1-20-6-8-22(9-7-20)26(14-2-3-15-26)25(32)18-31-16-4-5-21(17-31)19-33-24-12-10-23(11-13-24)27(28,29)30;1-3-2;1-2/h6-13,21,25,32H,2-5,14-19H2,1H3;3H2,1-2H3;1-2H3. The molecule has 4 rings (SSSR count). The van der Waals surface area contributed by atoms with Gasteiger partial charge in [0.1, 0.15) is 5.75 Å². The molecule has 2 unspecified atom stereocenters. The SMILES string of the molecule is CC.CCC.Cc1ccc(C2(C(O)CN3CCCC(COc4ccc(C(F)(F)F)cc4)C3)CCCC2)cc1. The van der Waals surface area contributed by atoms with Crippen molar-refractivity contribution in [1.29, 1.82) is 0 Å². The predicted octanol–water partition coefficient (Wildman–Crippen LogP) is 8.42. The Kier molecular flexibility index (Phi) is 13.1. The Bertz CT molecular complexity index is 906. The third kappa shape index (κ3) is 9.01. The average Bonchev–Trinajstić information content (AvgIpc) is 3.41. The van der Waals surface area contributed by atoms with E-state index in [0.29, 0.717) is 24.8 Å². The molecule has 214 valence electrons. The number of aryl methyl sites for hydroxylation is 1. The number of ether oxygens (including phenoxy) is 1. The van der Waals surface area contributed by atoms with Crippen molar-refractivity contribution in [2.45, 2.75) is 97.3 Å². The topological polar surface area (TPSA) is 32.7 Å². The van der Waals surface area contributed by atoms with Crippen LogP contribution in [0.1, 0.15) is 89.3 Å². The first-order valence-corrected chi connectivity index (χ1v) is 14.5. The molecule has 3 nitrogen and oxygen atoms in total. The second-order valence-corrected chi connectivity index (χ2v) is 10.6. The van der Waals surface area contributed by atoms with Gasteiger partial charge in [-0.25, -0.2) is 0 Å². The molecule has 6 heteroatoms. The molecule has 1 N–H and O–H groups in total. The zero-order valence-electron chi connectivity index (χ0n) is 24.0. The lowest BCUT2D eigenvalue weighted by molar-refractivity contribution is -0.137. The summed E-state index contributed by atoms with van der Waals surface area (Å²) in [4.78, 5) is 2.34. The van der Waals surface area contributed by atoms with Crippen LogP contribution in [0.25, 0.3) is 0 Å². The van der Waals surface area contributed by atoms with E-state index in [4.69, 9.17) is 4.74 Å². The number of hydrogen-bond acceptors (Lipinski definition) is 3. The number of likely N-dealkylation sites (tertiary alicyclic amines) is 1. The van der Waals surface area contributed by atoms with E-state index in [1.165, 1.54) is 29.7 Å². The van der Waals surface area contributed by atoms with Crippen LogP contribution in [0.3, 0.4) is 0 Å². The summed E-state index contributed by atoms with van der Waals surface area (Å²) in [7, 11) is 0. The first-order valence-electron chi connectivity index (χ1n) is 14.5. The third-order valence-corrected chi connectivity index (χ3v) is 7.46. The van der Waals surface area contributed by atoms with E-state index in [1.807, 2.05) is 13.8 Å². The highest BCUT2D eigenvalue weighted by Gasteiger charge is 2.43. The number of benzene rings is 2. The Morgan fingerprint density at radius 3 is 2.11 bits per heavy atom. The number of hydrogen-bond donors (Lipinski definition) is 1. The van der Waals surface area contributed by atoms with E-state index < -0.39 is 17.8 Å². The molecule has 1 saturated carbocycles. The Balaban J connectivity index is 0.000000947. The molecule has 2 aromatic rings. The van der Waals surface area contributed by atoms with Gasteiger partial charge in [0.05, 0.1) is 18.3 Å². The number of aliphatic hydroxyl groups is 1. The van der Waals surface area contributed by atoms with Crippen LogP contribution in [-0.2, 0) is 11.6 Å². The number of piperidine rings is 1. The zero-order valence-corrected chi connectivity index (χ0v) is 24.0. The molecule has 0 amide bonds. The maximum atomic E-state index is 12.7.